The van der Waals surface area contributed by atoms with Gasteiger partial charge >= 0.3 is 185 Å². The Kier molecular flexibility index (Phi) is 6.38. The zero-order valence-corrected chi connectivity index (χ0v) is 18.9. The van der Waals surface area contributed by atoms with Crippen LogP contribution in [-0.2, 0) is 24.6 Å². The predicted molar refractivity (Wildman–Crippen MR) is 133 cm³/mol. The summed E-state index contributed by atoms with van der Waals surface area (Å²) in [7, 11) is 0. The van der Waals surface area contributed by atoms with Gasteiger partial charge in [-0.05, 0) is 0 Å². The van der Waals surface area contributed by atoms with Crippen molar-refractivity contribution < 1.29 is 0 Å². The van der Waals surface area contributed by atoms with Gasteiger partial charge in [0.15, 0.2) is 0 Å². The Morgan fingerprint density at radius 1 is 0.367 bits per heavy atom. The third-order valence-electron chi connectivity index (χ3n) is 5.68. The van der Waals surface area contributed by atoms with Crippen LogP contribution in [0.5, 0.6) is 0 Å². The van der Waals surface area contributed by atoms with Crippen LogP contribution in [0.25, 0.3) is 0 Å². The number of rotatable bonds is 8. The summed E-state index contributed by atoms with van der Waals surface area (Å²) in [4.78, 5) is 0. The van der Waals surface area contributed by atoms with E-state index in [0.717, 1.165) is 24.6 Å². The molecule has 4 aromatic carbocycles. The Morgan fingerprint density at radius 3 is 0.767 bits per heavy atom. The van der Waals surface area contributed by atoms with Gasteiger partial charge < -0.3 is 0 Å². The molecule has 0 amide bonds. The maximum atomic E-state index is 8.07. The number of hydrogen-bond acceptors (Lipinski definition) is 0. The van der Waals surface area contributed by atoms with E-state index >= 15 is 0 Å². The Bertz CT molecular complexity index is 869. The molecule has 0 saturated carbocycles. The van der Waals surface area contributed by atoms with E-state index < -0.39 is 5.96 Å². The molecule has 2 heteroatoms. The average Bonchev–Trinajstić information content (AvgIpc) is 2.76. The first-order valence-corrected chi connectivity index (χ1v) is 14.4. The van der Waals surface area contributed by atoms with Gasteiger partial charge in [0.1, 0.15) is 0 Å². The molecule has 30 heavy (non-hydrogen) atoms. The minimum absolute atomic E-state index is 0.923. The first kappa shape index (κ1) is 20.9. The van der Waals surface area contributed by atoms with Crippen molar-refractivity contribution in [1.29, 1.82) is 0 Å². The van der Waals surface area contributed by atoms with Crippen molar-refractivity contribution in [1.82, 2.24) is 0 Å². The predicted octanol–water partition coefficient (Wildman–Crippen LogP) is 8.49. The van der Waals surface area contributed by atoms with Gasteiger partial charge in [-0.1, -0.05) is 0 Å². The van der Waals surface area contributed by atoms with E-state index in [1.165, 1.54) is 22.3 Å². The molecular formula is C28H28ClP. The molecule has 152 valence electrons. The van der Waals surface area contributed by atoms with Gasteiger partial charge in [0.25, 0.3) is 0 Å². The summed E-state index contributed by atoms with van der Waals surface area (Å²) in [6.45, 7) is 0. The van der Waals surface area contributed by atoms with Crippen LogP contribution >= 0.6 is 17.2 Å². The van der Waals surface area contributed by atoms with Crippen molar-refractivity contribution in [3.05, 3.63) is 144 Å². The van der Waals surface area contributed by atoms with Gasteiger partial charge in [-0.2, -0.15) is 0 Å². The number of benzene rings is 4. The van der Waals surface area contributed by atoms with Crippen LogP contribution in [0.15, 0.2) is 121 Å². The van der Waals surface area contributed by atoms with E-state index in [2.05, 4.69) is 121 Å². The summed E-state index contributed by atoms with van der Waals surface area (Å²) < 4.78 is 0. The first-order chi connectivity index (χ1) is 14.6. The molecule has 0 aliphatic heterocycles. The fraction of sp³-hybridized carbons (Fsp3) is 0.143. The Labute approximate surface area is 185 Å². The molecule has 0 aliphatic rings. The number of halogens is 1. The molecule has 0 unspecified atom stereocenters. The average molecular weight is 431 g/mol. The normalized spacial score (nSPS) is 12.8. The van der Waals surface area contributed by atoms with E-state index in [-0.39, 0.29) is 0 Å². The van der Waals surface area contributed by atoms with E-state index in [0.29, 0.717) is 0 Å². The van der Waals surface area contributed by atoms with Crippen LogP contribution in [0, 0.1) is 0 Å². The summed E-state index contributed by atoms with van der Waals surface area (Å²) >= 11 is 8.07. The van der Waals surface area contributed by atoms with E-state index in [9.17, 15) is 0 Å². The molecule has 0 N–H and O–H groups in total. The molecule has 0 aromatic heterocycles. The summed E-state index contributed by atoms with van der Waals surface area (Å²) in [5, 5.41) is 0. The van der Waals surface area contributed by atoms with Crippen molar-refractivity contribution in [2.24, 2.45) is 0 Å². The van der Waals surface area contributed by atoms with E-state index in [1.807, 2.05) is 0 Å². The van der Waals surface area contributed by atoms with Crippen molar-refractivity contribution in [2.75, 3.05) is 0 Å². The molecule has 4 rings (SSSR count). The second-order valence-corrected chi connectivity index (χ2v) is 16.2. The second kappa shape index (κ2) is 9.17. The zero-order valence-electron chi connectivity index (χ0n) is 17.2. The van der Waals surface area contributed by atoms with Gasteiger partial charge in [0.05, 0.1) is 0 Å². The monoisotopic (exact) mass is 430 g/mol. The van der Waals surface area contributed by atoms with Gasteiger partial charge in [-0.3, -0.25) is 0 Å². The van der Waals surface area contributed by atoms with Crippen molar-refractivity contribution in [2.45, 2.75) is 24.6 Å². The molecule has 4 aromatic rings. The van der Waals surface area contributed by atoms with Crippen LogP contribution < -0.4 is 0 Å². The Hall–Kier alpha value is -2.40. The summed E-state index contributed by atoms with van der Waals surface area (Å²) in [5.74, 6) is -2.79. The Morgan fingerprint density at radius 2 is 0.567 bits per heavy atom. The molecule has 0 fully saturated rings. The topological polar surface area (TPSA) is 0 Å². The molecule has 0 radical (unpaired) electrons. The van der Waals surface area contributed by atoms with Gasteiger partial charge in [-0.25, -0.2) is 0 Å². The molecule has 0 saturated heterocycles. The molecule has 0 atom stereocenters. The fourth-order valence-corrected chi connectivity index (χ4v) is 11.3. The van der Waals surface area contributed by atoms with Crippen molar-refractivity contribution >= 4 is 17.2 Å². The maximum absolute atomic E-state index is 8.07. The SMILES string of the molecule is ClP(Cc1ccccc1)(Cc1ccccc1)(Cc1ccccc1)Cc1ccccc1. The summed E-state index contributed by atoms with van der Waals surface area (Å²) in [6, 6.07) is 43.1. The molecule has 0 aliphatic carbocycles. The molecule has 0 nitrogen and oxygen atoms in total. The van der Waals surface area contributed by atoms with E-state index in [1.54, 1.807) is 0 Å². The van der Waals surface area contributed by atoms with Crippen LogP contribution in [-0.4, -0.2) is 0 Å². The molecule has 0 spiro atoms. The minimum atomic E-state index is -2.79. The molecular weight excluding hydrogens is 403 g/mol. The van der Waals surface area contributed by atoms with Crippen LogP contribution in [0.4, 0.5) is 0 Å². The Balaban J connectivity index is 1.83. The number of hydrogen-bond donors (Lipinski definition) is 0. The molecule has 0 heterocycles. The van der Waals surface area contributed by atoms with Gasteiger partial charge in [0.2, 0.25) is 0 Å². The first-order valence-electron chi connectivity index (χ1n) is 10.5. The summed E-state index contributed by atoms with van der Waals surface area (Å²) in [5.41, 5.74) is 5.31. The van der Waals surface area contributed by atoms with Crippen molar-refractivity contribution in [3.63, 3.8) is 0 Å². The zero-order chi connectivity index (χ0) is 20.7. The van der Waals surface area contributed by atoms with Gasteiger partial charge in [0, 0.05) is 0 Å². The van der Waals surface area contributed by atoms with E-state index in [4.69, 9.17) is 11.2 Å². The molecule has 0 bridgehead atoms. The fourth-order valence-electron chi connectivity index (χ4n) is 4.49. The van der Waals surface area contributed by atoms with Crippen molar-refractivity contribution in [3.8, 4) is 0 Å². The summed E-state index contributed by atoms with van der Waals surface area (Å²) in [6.07, 6.45) is 3.69. The van der Waals surface area contributed by atoms with Gasteiger partial charge in [-0.15, -0.1) is 0 Å². The van der Waals surface area contributed by atoms with Crippen LogP contribution in [0.3, 0.4) is 0 Å². The van der Waals surface area contributed by atoms with Crippen LogP contribution in [0.2, 0.25) is 0 Å². The third-order valence-corrected chi connectivity index (χ3v) is 11.7. The third kappa shape index (κ3) is 5.39. The second-order valence-electron chi connectivity index (χ2n) is 8.39. The quantitative estimate of drug-likeness (QED) is 0.246. The standard InChI is InChI=1S/C28H28ClP/c29-30(21-25-13-5-1-6-14-25,22-26-15-7-2-8-16-26,23-27-17-9-3-10-18-27)24-28-19-11-4-12-20-28/h1-20H,21-24H2. The van der Waals surface area contributed by atoms with Crippen LogP contribution in [0.1, 0.15) is 22.3 Å².